The van der Waals surface area contributed by atoms with Gasteiger partial charge in [0.05, 0.1) is 18.3 Å². The molecule has 0 unspecified atom stereocenters. The number of aromatic nitrogens is 3. The van der Waals surface area contributed by atoms with E-state index in [1.807, 2.05) is 0 Å². The summed E-state index contributed by atoms with van der Waals surface area (Å²) in [5.74, 6) is 1.40. The third kappa shape index (κ3) is 4.51. The highest BCUT2D eigenvalue weighted by molar-refractivity contribution is 5.41. The second kappa shape index (κ2) is 6.94. The predicted molar refractivity (Wildman–Crippen MR) is 98.5 cm³/mol. The second-order valence-corrected chi connectivity index (χ2v) is 8.30. The lowest BCUT2D eigenvalue weighted by molar-refractivity contribution is -0.133. The predicted octanol–water partition coefficient (Wildman–Crippen LogP) is 2.65. The molecule has 0 N–H and O–H groups in total. The number of morpholine rings is 1. The van der Waals surface area contributed by atoms with Crippen LogP contribution in [-0.4, -0.2) is 59.4 Å². The summed E-state index contributed by atoms with van der Waals surface area (Å²) in [6.07, 6.45) is 4.91. The van der Waals surface area contributed by atoms with Crippen LogP contribution in [0.2, 0.25) is 0 Å². The minimum Gasteiger partial charge on any atom is -0.467 e. The maximum atomic E-state index is 6.18. The molecule has 3 rings (SSSR count). The number of hydrogen-bond acceptors (Lipinski definition) is 7. The van der Waals surface area contributed by atoms with Gasteiger partial charge in [-0.05, 0) is 40.5 Å². The smallest absolute Gasteiger partial charge is 0.322 e. The molecule has 140 valence electrons. The van der Waals surface area contributed by atoms with E-state index in [9.17, 15) is 0 Å². The third-order valence-corrected chi connectivity index (χ3v) is 4.64. The Morgan fingerprint density at radius 2 is 1.32 bits per heavy atom. The number of nitrogens with zero attached hydrogens (tertiary/aromatic N) is 5. The summed E-state index contributed by atoms with van der Waals surface area (Å²) in [6, 6.07) is 0.381. The number of anilines is 2. The fourth-order valence-corrected chi connectivity index (χ4v) is 3.91. The first kappa shape index (κ1) is 18.2. The van der Waals surface area contributed by atoms with Gasteiger partial charge in [-0.3, -0.25) is 0 Å². The van der Waals surface area contributed by atoms with Gasteiger partial charge in [-0.25, -0.2) is 0 Å². The molecule has 1 aromatic rings. The van der Waals surface area contributed by atoms with E-state index in [1.54, 1.807) is 7.11 Å². The van der Waals surface area contributed by atoms with E-state index in [0.29, 0.717) is 12.0 Å². The van der Waals surface area contributed by atoms with Gasteiger partial charge in [-0.15, -0.1) is 0 Å². The number of rotatable bonds is 3. The molecule has 7 nitrogen and oxygen atoms in total. The zero-order valence-electron chi connectivity index (χ0n) is 16.2. The van der Waals surface area contributed by atoms with Crippen LogP contribution in [0.4, 0.5) is 11.9 Å². The van der Waals surface area contributed by atoms with Gasteiger partial charge >= 0.3 is 6.01 Å². The van der Waals surface area contributed by atoms with Gasteiger partial charge in [0, 0.05) is 26.2 Å². The van der Waals surface area contributed by atoms with E-state index in [-0.39, 0.29) is 11.2 Å². The fraction of sp³-hybridized carbons (Fsp3) is 0.833. The van der Waals surface area contributed by atoms with E-state index in [1.165, 1.54) is 25.7 Å². The van der Waals surface area contributed by atoms with Crippen molar-refractivity contribution in [1.29, 1.82) is 0 Å². The van der Waals surface area contributed by atoms with Crippen molar-refractivity contribution < 1.29 is 9.47 Å². The van der Waals surface area contributed by atoms with Crippen molar-refractivity contribution in [2.75, 3.05) is 43.1 Å². The lowest BCUT2D eigenvalue weighted by Gasteiger charge is -2.47. The third-order valence-electron chi connectivity index (χ3n) is 4.64. The van der Waals surface area contributed by atoms with Gasteiger partial charge in [0.25, 0.3) is 0 Å². The minimum absolute atomic E-state index is 0.260. The Hall–Kier alpha value is -1.63. The van der Waals surface area contributed by atoms with Gasteiger partial charge in [0.15, 0.2) is 0 Å². The van der Waals surface area contributed by atoms with Crippen LogP contribution in [0.3, 0.4) is 0 Å². The zero-order chi connectivity index (χ0) is 18.1. The summed E-state index contributed by atoms with van der Waals surface area (Å²) < 4.78 is 11.5. The SMILES string of the molecule is COc1nc(N2CCCCCC2)nc(N2CC(C)(C)OC(C)(C)C2)n1. The van der Waals surface area contributed by atoms with Crippen LogP contribution >= 0.6 is 0 Å². The van der Waals surface area contributed by atoms with Gasteiger partial charge in [-0.2, -0.15) is 15.0 Å². The van der Waals surface area contributed by atoms with E-state index >= 15 is 0 Å². The number of ether oxygens (including phenoxy) is 2. The average molecular weight is 349 g/mol. The molecule has 1 aromatic heterocycles. The molecule has 2 aliphatic heterocycles. The first-order valence-electron chi connectivity index (χ1n) is 9.28. The summed E-state index contributed by atoms with van der Waals surface area (Å²) in [5.41, 5.74) is -0.519. The van der Waals surface area contributed by atoms with Crippen molar-refractivity contribution in [3.05, 3.63) is 0 Å². The molecule has 7 heteroatoms. The minimum atomic E-state index is -0.260. The first-order valence-corrected chi connectivity index (χ1v) is 9.28. The first-order chi connectivity index (χ1) is 11.8. The van der Waals surface area contributed by atoms with Gasteiger partial charge in [-0.1, -0.05) is 12.8 Å². The second-order valence-electron chi connectivity index (χ2n) is 8.30. The van der Waals surface area contributed by atoms with Crippen molar-refractivity contribution in [1.82, 2.24) is 15.0 Å². The maximum absolute atomic E-state index is 6.18. The van der Waals surface area contributed by atoms with Crippen LogP contribution < -0.4 is 14.5 Å². The molecule has 0 atom stereocenters. The molecule has 0 amide bonds. The Labute approximate surface area is 150 Å². The maximum Gasteiger partial charge on any atom is 0.322 e. The Bertz CT molecular complexity index is 581. The van der Waals surface area contributed by atoms with Crippen LogP contribution in [0.1, 0.15) is 53.4 Å². The van der Waals surface area contributed by atoms with Gasteiger partial charge < -0.3 is 19.3 Å². The standard InChI is InChI=1S/C18H31N5O2/c1-17(2)12-23(13-18(3,4)25-17)15-19-14(20-16(21-15)24-5)22-10-8-6-7-9-11-22/h6-13H2,1-5H3. The molecule has 25 heavy (non-hydrogen) atoms. The van der Waals surface area contributed by atoms with Crippen molar-refractivity contribution in [3.63, 3.8) is 0 Å². The molecule has 2 fully saturated rings. The van der Waals surface area contributed by atoms with Crippen molar-refractivity contribution >= 4 is 11.9 Å². The molecular weight excluding hydrogens is 318 g/mol. The van der Waals surface area contributed by atoms with Crippen LogP contribution in [0.15, 0.2) is 0 Å². The van der Waals surface area contributed by atoms with E-state index in [2.05, 4.69) is 47.5 Å². The van der Waals surface area contributed by atoms with E-state index in [4.69, 9.17) is 14.5 Å². The molecule has 0 spiro atoms. The van der Waals surface area contributed by atoms with Gasteiger partial charge in [0.2, 0.25) is 11.9 Å². The lowest BCUT2D eigenvalue weighted by Crippen LogP contribution is -2.57. The highest BCUT2D eigenvalue weighted by Gasteiger charge is 2.39. The van der Waals surface area contributed by atoms with E-state index in [0.717, 1.165) is 32.1 Å². The quantitative estimate of drug-likeness (QED) is 0.831. The summed E-state index contributed by atoms with van der Waals surface area (Å²) in [6.45, 7) is 11.9. The molecule has 2 aliphatic rings. The molecule has 0 aliphatic carbocycles. The molecular formula is C18H31N5O2. The molecule has 3 heterocycles. The summed E-state index contributed by atoms with van der Waals surface area (Å²) >= 11 is 0. The van der Waals surface area contributed by atoms with Crippen molar-refractivity contribution in [2.24, 2.45) is 0 Å². The highest BCUT2D eigenvalue weighted by atomic mass is 16.5. The van der Waals surface area contributed by atoms with Crippen LogP contribution in [-0.2, 0) is 4.74 Å². The van der Waals surface area contributed by atoms with E-state index < -0.39 is 0 Å². The summed E-state index contributed by atoms with van der Waals surface area (Å²) in [5, 5.41) is 0. The van der Waals surface area contributed by atoms with Crippen molar-refractivity contribution in [3.8, 4) is 6.01 Å². The average Bonchev–Trinajstić information content (AvgIpc) is 2.80. The Kier molecular flexibility index (Phi) is 5.04. The Morgan fingerprint density at radius 1 is 0.800 bits per heavy atom. The topological polar surface area (TPSA) is 63.6 Å². The highest BCUT2D eigenvalue weighted by Crippen LogP contribution is 2.31. The van der Waals surface area contributed by atoms with Crippen LogP contribution in [0, 0.1) is 0 Å². The number of hydrogen-bond donors (Lipinski definition) is 0. The molecule has 0 aromatic carbocycles. The largest absolute Gasteiger partial charge is 0.467 e. The fourth-order valence-electron chi connectivity index (χ4n) is 3.91. The molecule has 0 saturated carbocycles. The summed E-state index contributed by atoms with van der Waals surface area (Å²) in [4.78, 5) is 18.3. The van der Waals surface area contributed by atoms with Crippen LogP contribution in [0.5, 0.6) is 6.01 Å². The zero-order valence-corrected chi connectivity index (χ0v) is 16.2. The molecule has 0 radical (unpaired) electrons. The Balaban J connectivity index is 1.91. The normalized spacial score (nSPS) is 23.2. The van der Waals surface area contributed by atoms with Crippen molar-refractivity contribution in [2.45, 2.75) is 64.6 Å². The summed E-state index contributed by atoms with van der Waals surface area (Å²) in [7, 11) is 1.61. The molecule has 2 saturated heterocycles. The lowest BCUT2D eigenvalue weighted by atomic mass is 9.99. The van der Waals surface area contributed by atoms with Crippen LogP contribution in [0.25, 0.3) is 0 Å². The number of methoxy groups -OCH3 is 1. The Morgan fingerprint density at radius 3 is 1.84 bits per heavy atom. The molecule has 0 bridgehead atoms. The monoisotopic (exact) mass is 349 g/mol. The van der Waals surface area contributed by atoms with Gasteiger partial charge in [0.1, 0.15) is 0 Å².